The van der Waals surface area contributed by atoms with E-state index < -0.39 is 67.8 Å². The lowest BCUT2D eigenvalue weighted by Crippen LogP contribution is -2.31. The quantitative estimate of drug-likeness (QED) is 0.312. The van der Waals surface area contributed by atoms with Gasteiger partial charge in [-0.1, -0.05) is 0 Å². The van der Waals surface area contributed by atoms with Crippen LogP contribution in [0.4, 0.5) is 0 Å². The summed E-state index contributed by atoms with van der Waals surface area (Å²) >= 11 is 0. The highest BCUT2D eigenvalue weighted by Gasteiger charge is 2.20. The van der Waals surface area contributed by atoms with Gasteiger partial charge in [0.1, 0.15) is 19.3 Å². The van der Waals surface area contributed by atoms with Crippen LogP contribution < -0.4 is 0 Å². The molecule has 0 radical (unpaired) electrons. The normalized spacial score (nSPS) is 13.6. The van der Waals surface area contributed by atoms with Gasteiger partial charge in [-0.25, -0.2) is 0 Å². The molecule has 0 rings (SSSR count). The van der Waals surface area contributed by atoms with Crippen molar-refractivity contribution in [2.75, 3.05) is 13.2 Å². The molecule has 0 heterocycles. The van der Waals surface area contributed by atoms with E-state index in [1.54, 1.807) is 0 Å². The number of carbonyl (C=O) groups excluding carboxylic acids is 4. The summed E-state index contributed by atoms with van der Waals surface area (Å²) in [4.78, 5) is 56.1. The predicted molar refractivity (Wildman–Crippen MR) is 90.8 cm³/mol. The molecule has 11 heteroatoms. The number of hydrogen-bond acceptors (Lipinski definition) is 10. The summed E-state index contributed by atoms with van der Waals surface area (Å²) in [6.45, 7) is 3.19. The number of aliphatic carboxylic acids is 1. The van der Waals surface area contributed by atoms with E-state index in [-0.39, 0.29) is 19.3 Å². The van der Waals surface area contributed by atoms with Crippen LogP contribution in [0, 0.1) is 0 Å². The maximum Gasteiger partial charge on any atom is 0.309 e. The van der Waals surface area contributed by atoms with Gasteiger partial charge in [-0.2, -0.15) is 0 Å². The number of esters is 4. The third kappa shape index (κ3) is 14.5. The fourth-order valence-corrected chi connectivity index (χ4v) is 1.85. The molecule has 0 fully saturated rings. The lowest BCUT2D eigenvalue weighted by atomic mass is 10.2. The Kier molecular flexibility index (Phi) is 12.2. The molecule has 0 amide bonds. The van der Waals surface area contributed by atoms with E-state index in [2.05, 4.69) is 0 Å². The Balaban J connectivity index is 4.36. The van der Waals surface area contributed by atoms with Crippen molar-refractivity contribution < 1.29 is 53.1 Å². The van der Waals surface area contributed by atoms with E-state index in [0.717, 1.165) is 6.92 Å². The highest BCUT2D eigenvalue weighted by molar-refractivity contribution is 5.76. The van der Waals surface area contributed by atoms with Crippen LogP contribution in [-0.4, -0.2) is 71.6 Å². The molecule has 0 aliphatic rings. The number of aliphatic hydroxyl groups excluding tert-OH is 1. The molecule has 2 N–H and O–H groups in total. The second-order valence-corrected chi connectivity index (χ2v) is 6.05. The van der Waals surface area contributed by atoms with Crippen LogP contribution in [0.25, 0.3) is 0 Å². The monoisotopic (exact) mass is 406 g/mol. The maximum absolute atomic E-state index is 11.8. The summed E-state index contributed by atoms with van der Waals surface area (Å²) in [6, 6.07) is 0. The van der Waals surface area contributed by atoms with Gasteiger partial charge in [-0.3, -0.25) is 24.0 Å². The first-order valence-corrected chi connectivity index (χ1v) is 8.57. The highest BCUT2D eigenvalue weighted by Crippen LogP contribution is 2.05. The van der Waals surface area contributed by atoms with Gasteiger partial charge >= 0.3 is 29.8 Å². The molecule has 11 nitrogen and oxygen atoms in total. The van der Waals surface area contributed by atoms with E-state index in [9.17, 15) is 24.0 Å². The number of rotatable bonds is 13. The predicted octanol–water partition coefficient (Wildman–Crippen LogP) is -0.0380. The summed E-state index contributed by atoms with van der Waals surface area (Å²) in [7, 11) is 0. The second kappa shape index (κ2) is 13.5. The molecular weight excluding hydrogens is 380 g/mol. The van der Waals surface area contributed by atoms with Crippen molar-refractivity contribution in [3.8, 4) is 0 Å². The number of carbonyl (C=O) groups is 5. The van der Waals surface area contributed by atoms with Crippen molar-refractivity contribution in [3.63, 3.8) is 0 Å². The number of ether oxygens (including phenoxy) is 4. The van der Waals surface area contributed by atoms with E-state index in [1.165, 1.54) is 13.8 Å². The Morgan fingerprint density at radius 1 is 0.821 bits per heavy atom. The van der Waals surface area contributed by atoms with Gasteiger partial charge in [0.2, 0.25) is 0 Å². The van der Waals surface area contributed by atoms with Gasteiger partial charge in [0, 0.05) is 6.92 Å². The molecule has 0 saturated carbocycles. The fraction of sp³-hybridized carbons (Fsp3) is 0.706. The first-order chi connectivity index (χ1) is 13.0. The SMILES string of the molecule is CC(=O)OC(COC(=O)CCC(=O)O)COC(=O)C[C@@H](C)OC(=O)C[C@@H](C)O. The van der Waals surface area contributed by atoms with Gasteiger partial charge in [0.25, 0.3) is 0 Å². The fourth-order valence-electron chi connectivity index (χ4n) is 1.85. The second-order valence-electron chi connectivity index (χ2n) is 6.05. The molecule has 3 atom stereocenters. The molecule has 0 saturated heterocycles. The van der Waals surface area contributed by atoms with Crippen LogP contribution in [0.15, 0.2) is 0 Å². The Morgan fingerprint density at radius 3 is 1.89 bits per heavy atom. The zero-order valence-corrected chi connectivity index (χ0v) is 16.0. The summed E-state index contributed by atoms with van der Waals surface area (Å²) in [5, 5.41) is 17.6. The van der Waals surface area contributed by atoms with Gasteiger partial charge in [-0.05, 0) is 13.8 Å². The summed E-state index contributed by atoms with van der Waals surface area (Å²) in [6.07, 6.45) is -3.95. The first-order valence-electron chi connectivity index (χ1n) is 8.57. The molecule has 0 aliphatic heterocycles. The molecule has 0 aromatic rings. The molecule has 0 bridgehead atoms. The van der Waals surface area contributed by atoms with Gasteiger partial charge < -0.3 is 29.2 Å². The van der Waals surface area contributed by atoms with E-state index in [0.29, 0.717) is 0 Å². The third-order valence-corrected chi connectivity index (χ3v) is 2.98. The number of carboxylic acid groups (broad SMARTS) is 1. The van der Waals surface area contributed by atoms with Crippen LogP contribution >= 0.6 is 0 Å². The van der Waals surface area contributed by atoms with Gasteiger partial charge in [0.05, 0.1) is 31.8 Å². The van der Waals surface area contributed by atoms with Crippen molar-refractivity contribution >= 4 is 29.8 Å². The average Bonchev–Trinajstić information content (AvgIpc) is 2.53. The lowest BCUT2D eigenvalue weighted by molar-refractivity contribution is -0.167. The van der Waals surface area contributed by atoms with Crippen molar-refractivity contribution in [3.05, 3.63) is 0 Å². The summed E-state index contributed by atoms with van der Waals surface area (Å²) in [5.74, 6) is -4.06. The van der Waals surface area contributed by atoms with Crippen molar-refractivity contribution in [2.45, 2.75) is 64.8 Å². The summed E-state index contributed by atoms with van der Waals surface area (Å²) < 4.78 is 19.5. The molecule has 0 spiro atoms. The molecule has 0 aromatic heterocycles. The maximum atomic E-state index is 11.8. The molecule has 0 aromatic carbocycles. The third-order valence-electron chi connectivity index (χ3n) is 2.98. The topological polar surface area (TPSA) is 163 Å². The Bertz CT molecular complexity index is 555. The molecule has 160 valence electrons. The van der Waals surface area contributed by atoms with Crippen LogP contribution in [-0.2, 0) is 42.9 Å². The van der Waals surface area contributed by atoms with E-state index >= 15 is 0 Å². The van der Waals surface area contributed by atoms with Crippen molar-refractivity contribution in [1.29, 1.82) is 0 Å². The van der Waals surface area contributed by atoms with Crippen LogP contribution in [0.2, 0.25) is 0 Å². The summed E-state index contributed by atoms with van der Waals surface area (Å²) in [5.41, 5.74) is 0. The minimum absolute atomic E-state index is 0.207. The van der Waals surface area contributed by atoms with Gasteiger partial charge in [-0.15, -0.1) is 0 Å². The van der Waals surface area contributed by atoms with E-state index in [1.807, 2.05) is 0 Å². The first kappa shape index (κ1) is 25.3. The molecule has 0 aliphatic carbocycles. The minimum Gasteiger partial charge on any atom is -0.481 e. The zero-order chi connectivity index (χ0) is 21.7. The minimum atomic E-state index is -1.16. The van der Waals surface area contributed by atoms with Crippen LogP contribution in [0.3, 0.4) is 0 Å². The van der Waals surface area contributed by atoms with Gasteiger partial charge in [0.15, 0.2) is 6.10 Å². The molecule has 28 heavy (non-hydrogen) atoms. The molecular formula is C17H26O11. The van der Waals surface area contributed by atoms with E-state index in [4.69, 9.17) is 29.2 Å². The smallest absolute Gasteiger partial charge is 0.309 e. The number of aliphatic hydroxyl groups is 1. The Morgan fingerprint density at radius 2 is 1.39 bits per heavy atom. The number of carboxylic acids is 1. The Hall–Kier alpha value is -2.69. The van der Waals surface area contributed by atoms with Crippen LogP contribution in [0.5, 0.6) is 0 Å². The van der Waals surface area contributed by atoms with Crippen molar-refractivity contribution in [1.82, 2.24) is 0 Å². The standard InChI is InChI=1S/C17H26O11/c1-10(18)6-17(24)27-11(2)7-16(23)26-9-13(28-12(3)19)8-25-15(22)5-4-14(20)21/h10-11,13,18H,4-9H2,1-3H3,(H,20,21)/t10-,11-,13?/m1/s1. The zero-order valence-electron chi connectivity index (χ0n) is 16.0. The Labute approximate surface area is 161 Å². The molecule has 1 unspecified atom stereocenters. The van der Waals surface area contributed by atoms with Crippen molar-refractivity contribution in [2.24, 2.45) is 0 Å². The highest BCUT2D eigenvalue weighted by atomic mass is 16.6. The van der Waals surface area contributed by atoms with Crippen LogP contribution in [0.1, 0.15) is 46.5 Å². The largest absolute Gasteiger partial charge is 0.481 e. The number of hydrogen-bond donors (Lipinski definition) is 2. The average molecular weight is 406 g/mol. The lowest BCUT2D eigenvalue weighted by Gasteiger charge is -2.18.